The largest absolute Gasteiger partial charge is 0.497 e. The Bertz CT molecular complexity index is 1020. The summed E-state index contributed by atoms with van der Waals surface area (Å²) in [5.41, 5.74) is -0.264. The fraction of sp³-hybridized carbons (Fsp3) is 0.364. The second-order valence-corrected chi connectivity index (χ2v) is 7.76. The number of aryl methyl sites for hydroxylation is 1. The molecule has 0 radical (unpaired) electrons. The number of nitrogens with one attached hydrogen (secondary N) is 1. The zero-order valence-electron chi connectivity index (χ0n) is 16.7. The topological polar surface area (TPSA) is 78.9 Å². The van der Waals surface area contributed by atoms with Gasteiger partial charge in [-0.3, -0.25) is 9.69 Å². The number of rotatable bonds is 4. The highest BCUT2D eigenvalue weighted by Crippen LogP contribution is 2.41. The number of aliphatic hydroxyl groups excluding tert-OH is 1. The van der Waals surface area contributed by atoms with Crippen LogP contribution in [0.15, 0.2) is 42.5 Å². The van der Waals surface area contributed by atoms with Crippen LogP contribution in [0.3, 0.4) is 0 Å². The van der Waals surface area contributed by atoms with Crippen molar-refractivity contribution in [1.29, 1.82) is 0 Å². The molecule has 31 heavy (non-hydrogen) atoms. The van der Waals surface area contributed by atoms with E-state index in [1.54, 1.807) is 19.2 Å². The maximum absolute atomic E-state index is 13.3. The van der Waals surface area contributed by atoms with Crippen LogP contribution in [0.1, 0.15) is 41.2 Å². The SMILES string of the molecule is COc1ccc2c(c1)CCCC21NC(=O)N(CC(O)c2ccc(C(F)(F)F)cc2)C1=O. The Hall–Kier alpha value is -3.07. The van der Waals surface area contributed by atoms with E-state index in [0.717, 1.165) is 41.1 Å². The summed E-state index contributed by atoms with van der Waals surface area (Å²) in [6.45, 7) is -0.358. The fourth-order valence-corrected chi connectivity index (χ4v) is 4.32. The lowest BCUT2D eigenvalue weighted by molar-refractivity contribution is -0.137. The Labute approximate surface area is 176 Å². The van der Waals surface area contributed by atoms with Gasteiger partial charge in [0.1, 0.15) is 11.3 Å². The quantitative estimate of drug-likeness (QED) is 0.722. The van der Waals surface area contributed by atoms with E-state index in [0.29, 0.717) is 24.2 Å². The van der Waals surface area contributed by atoms with E-state index in [2.05, 4.69) is 5.32 Å². The first-order valence-corrected chi connectivity index (χ1v) is 9.82. The summed E-state index contributed by atoms with van der Waals surface area (Å²) in [5, 5.41) is 13.3. The molecule has 9 heteroatoms. The predicted octanol–water partition coefficient (Wildman–Crippen LogP) is 3.53. The molecule has 2 aromatic carbocycles. The molecule has 2 aliphatic rings. The van der Waals surface area contributed by atoms with Crippen molar-refractivity contribution in [3.63, 3.8) is 0 Å². The average molecular weight is 434 g/mol. The minimum atomic E-state index is -4.49. The van der Waals surface area contributed by atoms with Crippen LogP contribution in [0.2, 0.25) is 0 Å². The van der Waals surface area contributed by atoms with E-state index in [9.17, 15) is 27.9 Å². The molecule has 2 N–H and O–H groups in total. The average Bonchev–Trinajstić information content (AvgIpc) is 2.97. The molecule has 1 aliphatic carbocycles. The van der Waals surface area contributed by atoms with E-state index in [4.69, 9.17) is 4.74 Å². The molecule has 1 fully saturated rings. The van der Waals surface area contributed by atoms with Crippen molar-refractivity contribution in [2.24, 2.45) is 0 Å². The van der Waals surface area contributed by atoms with Gasteiger partial charge < -0.3 is 15.2 Å². The van der Waals surface area contributed by atoms with Gasteiger partial charge in [0.25, 0.3) is 5.91 Å². The summed E-state index contributed by atoms with van der Waals surface area (Å²) in [7, 11) is 1.55. The number of ether oxygens (including phenoxy) is 1. The van der Waals surface area contributed by atoms with Gasteiger partial charge in [-0.05, 0) is 60.2 Å². The smallest absolute Gasteiger partial charge is 0.416 e. The number of methoxy groups -OCH3 is 1. The van der Waals surface area contributed by atoms with Crippen molar-refractivity contribution in [2.75, 3.05) is 13.7 Å². The number of imide groups is 1. The van der Waals surface area contributed by atoms with E-state index in [1.807, 2.05) is 6.07 Å². The van der Waals surface area contributed by atoms with E-state index in [-0.39, 0.29) is 12.1 Å². The Balaban J connectivity index is 1.57. The minimum absolute atomic E-state index is 0.184. The molecule has 3 amide bonds. The zero-order valence-corrected chi connectivity index (χ0v) is 16.7. The Morgan fingerprint density at radius 3 is 2.55 bits per heavy atom. The van der Waals surface area contributed by atoms with Crippen molar-refractivity contribution in [3.05, 3.63) is 64.7 Å². The standard InChI is InChI=1S/C22H21F3N2O4/c1-31-16-8-9-17-14(11-16)3-2-10-21(17)19(29)27(20(30)26-21)12-18(28)13-4-6-15(7-5-13)22(23,24)25/h4-9,11,18,28H,2-3,10,12H2,1H3,(H,26,30). The first-order chi connectivity index (χ1) is 14.7. The fourth-order valence-electron chi connectivity index (χ4n) is 4.32. The Morgan fingerprint density at radius 1 is 1.19 bits per heavy atom. The number of halogens is 3. The lowest BCUT2D eigenvalue weighted by Crippen LogP contribution is -2.46. The second kappa shape index (κ2) is 7.56. The van der Waals surface area contributed by atoms with Crippen LogP contribution in [0.4, 0.5) is 18.0 Å². The highest BCUT2D eigenvalue weighted by molar-refractivity contribution is 6.07. The molecule has 1 saturated heterocycles. The van der Waals surface area contributed by atoms with Crippen molar-refractivity contribution >= 4 is 11.9 Å². The molecule has 2 atom stereocenters. The zero-order chi connectivity index (χ0) is 22.4. The highest BCUT2D eigenvalue weighted by atomic mass is 19.4. The third-order valence-electron chi connectivity index (χ3n) is 5.92. The number of β-amino-alcohol motifs (C(OH)–C–C–N with tert-alkyl or cyclic N) is 1. The molecular formula is C22H21F3N2O4. The minimum Gasteiger partial charge on any atom is -0.497 e. The first-order valence-electron chi connectivity index (χ1n) is 9.82. The molecule has 0 saturated carbocycles. The summed E-state index contributed by atoms with van der Waals surface area (Å²) < 4.78 is 43.5. The number of urea groups is 1. The van der Waals surface area contributed by atoms with Crippen LogP contribution in [0.25, 0.3) is 0 Å². The van der Waals surface area contributed by atoms with Gasteiger partial charge in [0.2, 0.25) is 0 Å². The molecule has 0 bridgehead atoms. The van der Waals surface area contributed by atoms with Gasteiger partial charge in [-0.25, -0.2) is 4.79 Å². The number of fused-ring (bicyclic) bond motifs is 2. The summed E-state index contributed by atoms with van der Waals surface area (Å²) in [4.78, 5) is 26.9. The van der Waals surface area contributed by atoms with Gasteiger partial charge in [0.05, 0.1) is 25.3 Å². The summed E-state index contributed by atoms with van der Waals surface area (Å²) in [6.07, 6.45) is -3.96. The monoisotopic (exact) mass is 434 g/mol. The van der Waals surface area contributed by atoms with Crippen molar-refractivity contribution in [2.45, 2.75) is 37.1 Å². The van der Waals surface area contributed by atoms with Gasteiger partial charge in [-0.15, -0.1) is 0 Å². The van der Waals surface area contributed by atoms with Crippen molar-refractivity contribution in [1.82, 2.24) is 10.2 Å². The number of alkyl halides is 3. The number of hydrogen-bond acceptors (Lipinski definition) is 4. The molecule has 2 unspecified atom stereocenters. The van der Waals surface area contributed by atoms with Gasteiger partial charge >= 0.3 is 12.2 Å². The molecule has 0 aromatic heterocycles. The lowest BCUT2D eigenvalue weighted by atomic mass is 9.76. The molecule has 4 rings (SSSR count). The third-order valence-corrected chi connectivity index (χ3v) is 5.92. The van der Waals surface area contributed by atoms with Gasteiger partial charge in [-0.1, -0.05) is 18.2 Å². The normalized spacial score (nSPS) is 21.8. The molecule has 1 aliphatic heterocycles. The Morgan fingerprint density at radius 2 is 1.90 bits per heavy atom. The highest BCUT2D eigenvalue weighted by Gasteiger charge is 2.54. The van der Waals surface area contributed by atoms with Gasteiger partial charge in [0.15, 0.2) is 0 Å². The van der Waals surface area contributed by atoms with Crippen LogP contribution in [-0.2, 0) is 22.9 Å². The predicted molar refractivity (Wildman–Crippen MR) is 104 cm³/mol. The number of nitrogens with zero attached hydrogens (tertiary/aromatic N) is 1. The number of carbonyl (C=O) groups excluding carboxylic acids is 2. The number of hydrogen-bond donors (Lipinski definition) is 2. The van der Waals surface area contributed by atoms with Crippen LogP contribution in [0.5, 0.6) is 5.75 Å². The van der Waals surface area contributed by atoms with Crippen LogP contribution >= 0.6 is 0 Å². The van der Waals surface area contributed by atoms with Crippen LogP contribution < -0.4 is 10.1 Å². The lowest BCUT2D eigenvalue weighted by Gasteiger charge is -2.33. The molecule has 1 spiro atoms. The molecule has 6 nitrogen and oxygen atoms in total. The second-order valence-electron chi connectivity index (χ2n) is 7.76. The number of carbonyl (C=O) groups is 2. The molecule has 1 heterocycles. The first kappa shape index (κ1) is 21.2. The molecule has 164 valence electrons. The Kier molecular flexibility index (Phi) is 5.17. The number of benzene rings is 2. The maximum Gasteiger partial charge on any atom is 0.416 e. The van der Waals surface area contributed by atoms with E-state index >= 15 is 0 Å². The molecule has 2 aromatic rings. The van der Waals surface area contributed by atoms with E-state index < -0.39 is 35.3 Å². The summed E-state index contributed by atoms with van der Waals surface area (Å²) in [6, 6.07) is 8.70. The summed E-state index contributed by atoms with van der Waals surface area (Å²) in [5.74, 6) is 0.178. The van der Waals surface area contributed by atoms with Crippen molar-refractivity contribution < 1.29 is 32.6 Å². The molecular weight excluding hydrogens is 413 g/mol. The van der Waals surface area contributed by atoms with Crippen molar-refractivity contribution in [3.8, 4) is 5.75 Å². The third kappa shape index (κ3) is 3.63. The van der Waals surface area contributed by atoms with E-state index in [1.165, 1.54) is 0 Å². The number of amides is 3. The van der Waals surface area contributed by atoms with Gasteiger partial charge in [-0.2, -0.15) is 13.2 Å². The van der Waals surface area contributed by atoms with Gasteiger partial charge in [0, 0.05) is 0 Å². The van der Waals surface area contributed by atoms with Crippen LogP contribution in [0, 0.1) is 0 Å². The number of aliphatic hydroxyl groups is 1. The summed E-state index contributed by atoms with van der Waals surface area (Å²) >= 11 is 0. The maximum atomic E-state index is 13.3. The van der Waals surface area contributed by atoms with Crippen LogP contribution in [-0.4, -0.2) is 35.6 Å².